The van der Waals surface area contributed by atoms with Gasteiger partial charge in [-0.25, -0.2) is 0 Å². The van der Waals surface area contributed by atoms with Gasteiger partial charge in [-0.15, -0.1) is 0 Å². The largest absolute Gasteiger partial charge is 0.497 e. The molecule has 0 spiro atoms. The van der Waals surface area contributed by atoms with Crippen molar-refractivity contribution in [3.8, 4) is 5.75 Å². The van der Waals surface area contributed by atoms with Crippen LogP contribution in [0.15, 0.2) is 29.8 Å². The number of likely N-dealkylation sites (tertiary alicyclic amines) is 1. The number of fused-ring (bicyclic) bond motifs is 1. The van der Waals surface area contributed by atoms with Crippen LogP contribution < -0.4 is 4.74 Å². The van der Waals surface area contributed by atoms with Gasteiger partial charge in [0.05, 0.1) is 7.11 Å². The van der Waals surface area contributed by atoms with Gasteiger partial charge in [0.1, 0.15) is 5.75 Å². The number of alkyl halides is 1. The summed E-state index contributed by atoms with van der Waals surface area (Å²) in [4.78, 5) is 15.4. The molecule has 24 heavy (non-hydrogen) atoms. The van der Waals surface area contributed by atoms with Crippen molar-refractivity contribution in [3.05, 3.63) is 41.0 Å². The monoisotopic (exact) mass is 437 g/mol. The Bertz CT molecular complexity index is 726. The van der Waals surface area contributed by atoms with Gasteiger partial charge in [-0.2, -0.15) is 0 Å². The molecule has 0 N–H and O–H groups in total. The fourth-order valence-corrected chi connectivity index (χ4v) is 5.65. The van der Waals surface area contributed by atoms with E-state index in [2.05, 4.69) is 65.7 Å². The summed E-state index contributed by atoms with van der Waals surface area (Å²) in [6, 6.07) is 6.97. The molecule has 0 saturated carbocycles. The van der Waals surface area contributed by atoms with Crippen molar-refractivity contribution >= 4 is 28.4 Å². The third-order valence-electron chi connectivity index (χ3n) is 6.40. The molecule has 1 fully saturated rings. The Hall–Kier alpha value is -0.880. The number of likely N-dealkylation sites (N-methyl/N-ethyl adjacent to an activating group) is 1. The average molecular weight is 437 g/mol. The molecule has 4 heteroatoms. The summed E-state index contributed by atoms with van der Waals surface area (Å²) in [7, 11) is 3.96. The van der Waals surface area contributed by atoms with E-state index in [0.29, 0.717) is 24.2 Å². The van der Waals surface area contributed by atoms with E-state index in [0.717, 1.165) is 30.7 Å². The van der Waals surface area contributed by atoms with E-state index in [1.165, 1.54) is 11.1 Å². The Kier molecular flexibility index (Phi) is 4.03. The molecule has 1 saturated heterocycles. The number of benzene rings is 1. The van der Waals surface area contributed by atoms with E-state index < -0.39 is 0 Å². The number of piperidine rings is 1. The van der Waals surface area contributed by atoms with Gasteiger partial charge in [-0.05, 0) is 56.6 Å². The highest BCUT2D eigenvalue weighted by atomic mass is 127. The summed E-state index contributed by atoms with van der Waals surface area (Å²) < 4.78 is 5.77. The van der Waals surface area contributed by atoms with Gasteiger partial charge >= 0.3 is 0 Å². The summed E-state index contributed by atoms with van der Waals surface area (Å²) in [5.41, 5.74) is 3.76. The van der Waals surface area contributed by atoms with Gasteiger partial charge in [0.25, 0.3) is 0 Å². The smallest absolute Gasteiger partial charge is 0.160 e. The number of methoxy groups -OCH3 is 1. The lowest BCUT2D eigenvalue weighted by molar-refractivity contribution is -0.119. The number of carbonyl (C=O) groups is 1. The number of allylic oxidation sites excluding steroid dienone is 1. The molecule has 4 unspecified atom stereocenters. The SMILES string of the molecule is COc1ccc2c(c1)C13CCN(C)C(C2)C1C=C(C(C)I)C(=O)C3. The van der Waals surface area contributed by atoms with Crippen molar-refractivity contribution in [2.24, 2.45) is 5.92 Å². The zero-order valence-electron chi connectivity index (χ0n) is 14.5. The van der Waals surface area contributed by atoms with E-state index in [1.54, 1.807) is 7.11 Å². The van der Waals surface area contributed by atoms with Crippen LogP contribution in [0.3, 0.4) is 0 Å². The number of rotatable bonds is 2. The summed E-state index contributed by atoms with van der Waals surface area (Å²) in [5, 5.41) is 0. The zero-order valence-corrected chi connectivity index (χ0v) is 16.7. The molecule has 0 radical (unpaired) electrons. The van der Waals surface area contributed by atoms with Crippen molar-refractivity contribution in [1.82, 2.24) is 4.90 Å². The predicted octanol–water partition coefficient (Wildman–Crippen LogP) is 3.53. The lowest BCUT2D eigenvalue weighted by Gasteiger charge is -2.57. The summed E-state index contributed by atoms with van der Waals surface area (Å²) in [6.07, 6.45) is 5.10. The molecule has 128 valence electrons. The molecule has 4 rings (SSSR count). The maximum atomic E-state index is 12.9. The normalized spacial score (nSPS) is 33.3. The average Bonchev–Trinajstić information content (AvgIpc) is 2.57. The number of ketones is 1. The van der Waals surface area contributed by atoms with Gasteiger partial charge < -0.3 is 9.64 Å². The lowest BCUT2D eigenvalue weighted by Crippen LogP contribution is -2.60. The second kappa shape index (κ2) is 5.84. The molecule has 0 amide bonds. The van der Waals surface area contributed by atoms with Crippen LogP contribution in [-0.4, -0.2) is 41.4 Å². The number of carbonyl (C=O) groups excluding carboxylic acids is 1. The van der Waals surface area contributed by atoms with Gasteiger partial charge in [-0.1, -0.05) is 34.7 Å². The first-order valence-corrected chi connectivity index (χ1v) is 9.97. The van der Waals surface area contributed by atoms with Crippen LogP contribution in [0.4, 0.5) is 0 Å². The minimum absolute atomic E-state index is 0.0363. The van der Waals surface area contributed by atoms with E-state index in [4.69, 9.17) is 4.74 Å². The van der Waals surface area contributed by atoms with E-state index in [-0.39, 0.29) is 9.34 Å². The summed E-state index contributed by atoms with van der Waals surface area (Å²) >= 11 is 2.38. The minimum Gasteiger partial charge on any atom is -0.497 e. The van der Waals surface area contributed by atoms with Crippen LogP contribution in [0.25, 0.3) is 0 Å². The van der Waals surface area contributed by atoms with Crippen molar-refractivity contribution in [2.75, 3.05) is 20.7 Å². The third-order valence-corrected chi connectivity index (χ3v) is 7.07. The number of hydrogen-bond donors (Lipinski definition) is 0. The molecule has 1 aromatic carbocycles. The standard InChI is InChI=1S/C20H24INO2/c1-12(21)15-10-17-18-8-13-4-5-14(24-3)9-16(13)20(17,11-19(15)23)6-7-22(18)2/h4-5,9-10,12,17-18H,6-8,11H2,1-3H3. The Morgan fingerprint density at radius 3 is 2.92 bits per heavy atom. The molecule has 1 heterocycles. The summed E-state index contributed by atoms with van der Waals surface area (Å²) in [5.74, 6) is 1.68. The Labute approximate surface area is 157 Å². The highest BCUT2D eigenvalue weighted by Crippen LogP contribution is 2.54. The van der Waals surface area contributed by atoms with Crippen LogP contribution in [0.5, 0.6) is 5.75 Å². The fourth-order valence-electron chi connectivity index (χ4n) is 5.10. The summed E-state index contributed by atoms with van der Waals surface area (Å²) in [6.45, 7) is 3.19. The topological polar surface area (TPSA) is 29.5 Å². The quantitative estimate of drug-likeness (QED) is 0.524. The van der Waals surface area contributed by atoms with Crippen molar-refractivity contribution in [3.63, 3.8) is 0 Å². The molecular weight excluding hydrogens is 413 g/mol. The van der Waals surface area contributed by atoms with Crippen molar-refractivity contribution < 1.29 is 9.53 Å². The van der Waals surface area contributed by atoms with Crippen LogP contribution in [0, 0.1) is 5.92 Å². The first kappa shape index (κ1) is 16.6. The van der Waals surface area contributed by atoms with Crippen molar-refractivity contribution in [2.45, 2.75) is 41.6 Å². The number of hydrogen-bond acceptors (Lipinski definition) is 3. The maximum absolute atomic E-state index is 12.9. The van der Waals surface area contributed by atoms with Gasteiger partial charge in [0.2, 0.25) is 0 Å². The first-order chi connectivity index (χ1) is 11.5. The lowest BCUT2D eigenvalue weighted by atomic mass is 9.53. The van der Waals surface area contributed by atoms with Crippen molar-refractivity contribution in [1.29, 1.82) is 0 Å². The predicted molar refractivity (Wildman–Crippen MR) is 104 cm³/mol. The highest BCUT2D eigenvalue weighted by molar-refractivity contribution is 14.1. The van der Waals surface area contributed by atoms with Crippen LogP contribution in [0.1, 0.15) is 30.9 Å². The van der Waals surface area contributed by atoms with Crippen LogP contribution >= 0.6 is 22.6 Å². The van der Waals surface area contributed by atoms with E-state index in [1.807, 2.05) is 0 Å². The molecule has 1 aliphatic heterocycles. The third kappa shape index (κ3) is 2.29. The Balaban J connectivity index is 1.92. The maximum Gasteiger partial charge on any atom is 0.160 e. The minimum atomic E-state index is -0.0363. The number of Topliss-reactive ketones (excluding diaryl/α,β-unsaturated/α-hetero) is 1. The van der Waals surface area contributed by atoms with Gasteiger partial charge in [0.15, 0.2) is 5.78 Å². The second-order valence-corrected chi connectivity index (χ2v) is 9.41. The Morgan fingerprint density at radius 1 is 1.42 bits per heavy atom. The van der Waals surface area contributed by atoms with Crippen LogP contribution in [0.2, 0.25) is 0 Å². The van der Waals surface area contributed by atoms with E-state index >= 15 is 0 Å². The van der Waals surface area contributed by atoms with Gasteiger partial charge in [-0.3, -0.25) is 4.79 Å². The fraction of sp³-hybridized carbons (Fsp3) is 0.550. The first-order valence-electron chi connectivity index (χ1n) is 8.73. The molecular formula is C20H24INO2. The van der Waals surface area contributed by atoms with Gasteiger partial charge in [0, 0.05) is 33.3 Å². The molecule has 0 aromatic heterocycles. The number of ether oxygens (including phenoxy) is 1. The van der Waals surface area contributed by atoms with E-state index in [9.17, 15) is 4.79 Å². The molecule has 2 aliphatic carbocycles. The molecule has 3 aliphatic rings. The molecule has 2 bridgehead atoms. The highest BCUT2D eigenvalue weighted by Gasteiger charge is 2.54. The molecule has 3 nitrogen and oxygen atoms in total. The second-order valence-electron chi connectivity index (χ2n) is 7.55. The molecule has 4 atom stereocenters. The molecule has 1 aromatic rings. The van der Waals surface area contributed by atoms with Crippen LogP contribution in [-0.2, 0) is 16.6 Å². The number of nitrogens with zero attached hydrogens (tertiary/aromatic N) is 1. The number of halogens is 1. The Morgan fingerprint density at radius 2 is 2.21 bits per heavy atom. The zero-order chi connectivity index (χ0) is 17.1.